The zero-order chi connectivity index (χ0) is 24.8. The molecule has 4 aromatic rings. The number of hydrogen-bond donors (Lipinski definition) is 0. The fourth-order valence-electron chi connectivity index (χ4n) is 3.77. The second-order valence-electron chi connectivity index (χ2n) is 8.55. The normalized spacial score (nSPS) is 11.0. The zero-order valence-corrected chi connectivity index (χ0v) is 20.9. The second kappa shape index (κ2) is 11.2. The van der Waals surface area contributed by atoms with E-state index in [1.165, 1.54) is 0 Å². The molecule has 0 bridgehead atoms. The minimum absolute atomic E-state index is 0.0905. The van der Waals surface area contributed by atoms with E-state index in [9.17, 15) is 4.79 Å². The van der Waals surface area contributed by atoms with Crippen molar-refractivity contribution in [2.45, 2.75) is 6.54 Å². The van der Waals surface area contributed by atoms with Gasteiger partial charge in [0.05, 0.1) is 18.5 Å². The van der Waals surface area contributed by atoms with Gasteiger partial charge in [0.15, 0.2) is 0 Å². The standard InChI is InChI=1S/C28H29ClN4O2/c1-31(2)16-17-32(20-21-8-5-4-6-9-21)28(34)27-19-26(22-10-7-11-25(18-22)35-3)30-33(27)24-14-12-23(29)13-15-24/h4-15,18-19H,16-17,20H2,1-3H3. The van der Waals surface area contributed by atoms with Gasteiger partial charge in [0, 0.05) is 30.2 Å². The Morgan fingerprint density at radius 1 is 0.943 bits per heavy atom. The highest BCUT2D eigenvalue weighted by Gasteiger charge is 2.23. The number of ether oxygens (including phenoxy) is 1. The molecule has 0 aliphatic heterocycles. The van der Waals surface area contributed by atoms with Crippen molar-refractivity contribution in [2.24, 2.45) is 0 Å². The summed E-state index contributed by atoms with van der Waals surface area (Å²) in [5.74, 6) is 0.639. The number of aromatic nitrogens is 2. The number of carbonyl (C=O) groups is 1. The van der Waals surface area contributed by atoms with Crippen molar-refractivity contribution in [3.05, 3.63) is 101 Å². The summed E-state index contributed by atoms with van der Waals surface area (Å²) in [6.07, 6.45) is 0. The van der Waals surface area contributed by atoms with Gasteiger partial charge in [-0.1, -0.05) is 54.1 Å². The van der Waals surface area contributed by atoms with Gasteiger partial charge < -0.3 is 14.5 Å². The SMILES string of the molecule is COc1cccc(-c2cc(C(=O)N(CCN(C)C)Cc3ccccc3)n(-c3ccc(Cl)cc3)n2)c1. The van der Waals surface area contributed by atoms with Crippen LogP contribution in [0, 0.1) is 0 Å². The second-order valence-corrected chi connectivity index (χ2v) is 8.99. The first-order valence-electron chi connectivity index (χ1n) is 11.4. The number of carbonyl (C=O) groups excluding carboxylic acids is 1. The maximum absolute atomic E-state index is 14.0. The minimum atomic E-state index is -0.0905. The van der Waals surface area contributed by atoms with Gasteiger partial charge in [-0.2, -0.15) is 5.10 Å². The van der Waals surface area contributed by atoms with Gasteiger partial charge in [-0.3, -0.25) is 4.79 Å². The van der Waals surface area contributed by atoms with Crippen molar-refractivity contribution in [2.75, 3.05) is 34.3 Å². The van der Waals surface area contributed by atoms with E-state index in [2.05, 4.69) is 4.90 Å². The molecule has 180 valence electrons. The van der Waals surface area contributed by atoms with E-state index < -0.39 is 0 Å². The Bertz CT molecular complexity index is 1270. The van der Waals surface area contributed by atoms with E-state index in [4.69, 9.17) is 21.4 Å². The van der Waals surface area contributed by atoms with Crippen LogP contribution in [0.25, 0.3) is 16.9 Å². The predicted molar refractivity (Wildman–Crippen MR) is 140 cm³/mol. The van der Waals surface area contributed by atoms with Crippen LogP contribution in [-0.2, 0) is 6.54 Å². The molecule has 0 N–H and O–H groups in total. The van der Waals surface area contributed by atoms with Gasteiger partial charge in [0.25, 0.3) is 5.91 Å². The first kappa shape index (κ1) is 24.5. The summed E-state index contributed by atoms with van der Waals surface area (Å²) in [6.45, 7) is 1.84. The third-order valence-corrected chi connectivity index (χ3v) is 5.94. The van der Waals surface area contributed by atoms with Crippen LogP contribution in [-0.4, -0.2) is 59.8 Å². The number of methoxy groups -OCH3 is 1. The maximum atomic E-state index is 14.0. The molecule has 3 aromatic carbocycles. The number of amides is 1. The lowest BCUT2D eigenvalue weighted by Crippen LogP contribution is -2.37. The van der Waals surface area contributed by atoms with Crippen LogP contribution in [0.3, 0.4) is 0 Å². The van der Waals surface area contributed by atoms with Crippen LogP contribution in [0.2, 0.25) is 5.02 Å². The zero-order valence-electron chi connectivity index (χ0n) is 20.2. The van der Waals surface area contributed by atoms with Crippen molar-refractivity contribution in [3.8, 4) is 22.7 Å². The van der Waals surface area contributed by atoms with Crippen molar-refractivity contribution in [1.82, 2.24) is 19.6 Å². The number of halogens is 1. The van der Waals surface area contributed by atoms with Gasteiger partial charge in [0.2, 0.25) is 0 Å². The molecule has 7 heteroatoms. The Hall–Kier alpha value is -3.61. The van der Waals surface area contributed by atoms with E-state index in [1.54, 1.807) is 23.9 Å². The molecular weight excluding hydrogens is 460 g/mol. The van der Waals surface area contributed by atoms with E-state index >= 15 is 0 Å². The third kappa shape index (κ3) is 6.10. The average molecular weight is 489 g/mol. The molecule has 1 heterocycles. The lowest BCUT2D eigenvalue weighted by Gasteiger charge is -2.25. The molecule has 0 atom stereocenters. The fourth-order valence-corrected chi connectivity index (χ4v) is 3.90. The summed E-state index contributed by atoms with van der Waals surface area (Å²) in [7, 11) is 5.64. The lowest BCUT2D eigenvalue weighted by atomic mass is 10.1. The highest BCUT2D eigenvalue weighted by Crippen LogP contribution is 2.26. The average Bonchev–Trinajstić information content (AvgIpc) is 3.32. The largest absolute Gasteiger partial charge is 0.497 e. The number of nitrogens with zero attached hydrogens (tertiary/aromatic N) is 4. The van der Waals surface area contributed by atoms with Crippen molar-refractivity contribution >= 4 is 17.5 Å². The smallest absolute Gasteiger partial charge is 0.272 e. The first-order valence-corrected chi connectivity index (χ1v) is 11.8. The molecule has 0 fully saturated rings. The summed E-state index contributed by atoms with van der Waals surface area (Å²) in [6, 6.07) is 26.9. The van der Waals surface area contributed by atoms with Crippen LogP contribution in [0.4, 0.5) is 0 Å². The van der Waals surface area contributed by atoms with Crippen LogP contribution < -0.4 is 4.74 Å². The monoisotopic (exact) mass is 488 g/mol. The molecule has 0 spiro atoms. The highest BCUT2D eigenvalue weighted by atomic mass is 35.5. The third-order valence-electron chi connectivity index (χ3n) is 5.69. The van der Waals surface area contributed by atoms with Crippen LogP contribution in [0.5, 0.6) is 5.75 Å². The van der Waals surface area contributed by atoms with Gasteiger partial charge >= 0.3 is 0 Å². The number of likely N-dealkylation sites (N-methyl/N-ethyl adjacent to an activating group) is 1. The van der Waals surface area contributed by atoms with Crippen LogP contribution in [0.15, 0.2) is 84.9 Å². The van der Waals surface area contributed by atoms with Gasteiger partial charge in [-0.15, -0.1) is 0 Å². The molecule has 1 amide bonds. The van der Waals surface area contributed by atoms with Crippen LogP contribution >= 0.6 is 11.6 Å². The molecule has 6 nitrogen and oxygen atoms in total. The Morgan fingerprint density at radius 3 is 2.37 bits per heavy atom. The molecule has 0 aliphatic carbocycles. The molecule has 0 saturated heterocycles. The van der Waals surface area contributed by atoms with Crippen molar-refractivity contribution < 1.29 is 9.53 Å². The predicted octanol–water partition coefficient (Wildman–Crippen LogP) is 5.41. The van der Waals surface area contributed by atoms with E-state index in [1.807, 2.05) is 91.8 Å². The number of benzene rings is 3. The Labute approximate surface area is 211 Å². The molecule has 1 aromatic heterocycles. The van der Waals surface area contributed by atoms with Gasteiger partial charge in [-0.25, -0.2) is 4.68 Å². The number of rotatable bonds is 9. The molecule has 35 heavy (non-hydrogen) atoms. The van der Waals surface area contributed by atoms with E-state index in [-0.39, 0.29) is 5.91 Å². The number of hydrogen-bond acceptors (Lipinski definition) is 4. The van der Waals surface area contributed by atoms with E-state index in [0.29, 0.717) is 29.5 Å². The molecule has 0 unspecified atom stereocenters. The molecule has 0 radical (unpaired) electrons. The van der Waals surface area contributed by atoms with E-state index in [0.717, 1.165) is 29.1 Å². The quantitative estimate of drug-likeness (QED) is 0.316. The Balaban J connectivity index is 1.77. The summed E-state index contributed by atoms with van der Waals surface area (Å²) in [4.78, 5) is 17.9. The Morgan fingerprint density at radius 2 is 1.69 bits per heavy atom. The summed E-state index contributed by atoms with van der Waals surface area (Å²) >= 11 is 6.12. The molecule has 0 aliphatic rings. The first-order chi connectivity index (χ1) is 16.9. The van der Waals surface area contributed by atoms with Crippen LogP contribution in [0.1, 0.15) is 16.1 Å². The summed E-state index contributed by atoms with van der Waals surface area (Å²) in [5.41, 5.74) is 3.88. The topological polar surface area (TPSA) is 50.6 Å². The van der Waals surface area contributed by atoms with Crippen molar-refractivity contribution in [1.29, 1.82) is 0 Å². The van der Waals surface area contributed by atoms with Gasteiger partial charge in [0.1, 0.15) is 11.4 Å². The van der Waals surface area contributed by atoms with Gasteiger partial charge in [-0.05, 0) is 62.1 Å². The molecular formula is C28H29ClN4O2. The summed E-state index contributed by atoms with van der Waals surface area (Å²) in [5, 5.41) is 5.45. The molecule has 4 rings (SSSR count). The summed E-state index contributed by atoms with van der Waals surface area (Å²) < 4.78 is 7.08. The highest BCUT2D eigenvalue weighted by molar-refractivity contribution is 6.30. The Kier molecular flexibility index (Phi) is 7.85. The maximum Gasteiger partial charge on any atom is 0.272 e. The van der Waals surface area contributed by atoms with Crippen molar-refractivity contribution in [3.63, 3.8) is 0 Å². The lowest BCUT2D eigenvalue weighted by molar-refractivity contribution is 0.0722. The molecule has 0 saturated carbocycles. The minimum Gasteiger partial charge on any atom is -0.497 e. The fraction of sp³-hybridized carbons (Fsp3) is 0.214.